The van der Waals surface area contributed by atoms with Crippen molar-refractivity contribution < 1.29 is 9.59 Å². The van der Waals surface area contributed by atoms with Crippen molar-refractivity contribution in [2.24, 2.45) is 0 Å². The molecule has 0 saturated heterocycles. The first-order valence-corrected chi connectivity index (χ1v) is 9.07. The lowest BCUT2D eigenvalue weighted by Gasteiger charge is -2.10. The van der Waals surface area contributed by atoms with Crippen LogP contribution in [0.15, 0.2) is 42.5 Å². The molecule has 0 atom stereocenters. The molecule has 3 rings (SSSR count). The van der Waals surface area contributed by atoms with E-state index in [9.17, 15) is 9.59 Å². The van der Waals surface area contributed by atoms with E-state index in [0.717, 1.165) is 22.5 Å². The van der Waals surface area contributed by atoms with Crippen molar-refractivity contribution >= 4 is 29.1 Å². The number of carbonyl (C=O) groups is 2. The van der Waals surface area contributed by atoms with Crippen LogP contribution in [0.4, 0.5) is 5.69 Å². The van der Waals surface area contributed by atoms with Crippen LogP contribution >= 0.6 is 11.6 Å². The summed E-state index contributed by atoms with van der Waals surface area (Å²) in [5.41, 5.74) is 3.52. The lowest BCUT2D eigenvalue weighted by Crippen LogP contribution is -2.33. The van der Waals surface area contributed by atoms with Crippen molar-refractivity contribution in [1.82, 2.24) is 20.1 Å². The molecule has 0 spiro atoms. The molecule has 0 aliphatic heterocycles. The number of hydrogen-bond acceptors (Lipinski definition) is 4. The first-order valence-electron chi connectivity index (χ1n) is 8.69. The molecule has 1 heterocycles. The Morgan fingerprint density at radius 2 is 1.79 bits per heavy atom. The van der Waals surface area contributed by atoms with Crippen LogP contribution in [0.2, 0.25) is 5.02 Å². The number of aryl methyl sites for hydroxylation is 2. The fraction of sp³-hybridized carbons (Fsp3) is 0.200. The number of rotatable bonds is 5. The van der Waals surface area contributed by atoms with Crippen molar-refractivity contribution in [3.05, 3.63) is 70.3 Å². The van der Waals surface area contributed by atoms with E-state index in [0.29, 0.717) is 10.8 Å². The quantitative estimate of drug-likeness (QED) is 0.691. The molecule has 0 aliphatic carbocycles. The Balaban J connectivity index is 1.63. The number of aromatic nitrogens is 3. The van der Waals surface area contributed by atoms with E-state index in [1.54, 1.807) is 35.9 Å². The van der Waals surface area contributed by atoms with Crippen LogP contribution < -0.4 is 10.6 Å². The zero-order valence-electron chi connectivity index (χ0n) is 15.8. The Morgan fingerprint density at radius 1 is 1.07 bits per heavy atom. The Labute approximate surface area is 167 Å². The van der Waals surface area contributed by atoms with Crippen LogP contribution in [-0.4, -0.2) is 33.1 Å². The monoisotopic (exact) mass is 397 g/mol. The molecule has 2 aromatic carbocycles. The van der Waals surface area contributed by atoms with Gasteiger partial charge in [0.1, 0.15) is 5.82 Å². The highest BCUT2D eigenvalue weighted by atomic mass is 35.5. The summed E-state index contributed by atoms with van der Waals surface area (Å²) in [5, 5.41) is 10.2. The lowest BCUT2D eigenvalue weighted by molar-refractivity contribution is -0.115. The van der Waals surface area contributed by atoms with Crippen LogP contribution in [0.3, 0.4) is 0 Å². The maximum absolute atomic E-state index is 12.3. The highest BCUT2D eigenvalue weighted by molar-refractivity contribution is 6.30. The summed E-state index contributed by atoms with van der Waals surface area (Å²) in [7, 11) is 0. The van der Waals surface area contributed by atoms with Crippen molar-refractivity contribution in [1.29, 1.82) is 0 Å². The van der Waals surface area contributed by atoms with E-state index in [4.69, 9.17) is 11.6 Å². The third-order valence-electron chi connectivity index (χ3n) is 4.33. The van der Waals surface area contributed by atoms with E-state index < -0.39 is 5.91 Å². The van der Waals surface area contributed by atoms with Crippen LogP contribution in [0.5, 0.6) is 0 Å². The maximum atomic E-state index is 12.3. The molecular weight excluding hydrogens is 378 g/mol. The van der Waals surface area contributed by atoms with Gasteiger partial charge in [0.15, 0.2) is 0 Å². The van der Waals surface area contributed by atoms with Gasteiger partial charge in [0.2, 0.25) is 11.7 Å². The number of hydrogen-bond donors (Lipinski definition) is 2. The van der Waals surface area contributed by atoms with Gasteiger partial charge in [-0.2, -0.15) is 0 Å². The third kappa shape index (κ3) is 4.37. The highest BCUT2D eigenvalue weighted by Crippen LogP contribution is 2.17. The molecule has 28 heavy (non-hydrogen) atoms. The number of nitrogens with zero attached hydrogens (tertiary/aromatic N) is 3. The molecule has 2 amide bonds. The molecule has 144 valence electrons. The fourth-order valence-electron chi connectivity index (χ4n) is 2.63. The zero-order valence-corrected chi connectivity index (χ0v) is 16.5. The largest absolute Gasteiger partial charge is 0.340 e. The molecule has 0 bridgehead atoms. The average Bonchev–Trinajstić information content (AvgIpc) is 3.06. The van der Waals surface area contributed by atoms with E-state index in [2.05, 4.69) is 20.7 Å². The zero-order chi connectivity index (χ0) is 20.3. The minimum atomic E-state index is -0.521. The molecule has 7 nitrogen and oxygen atoms in total. The Bertz CT molecular complexity index is 1030. The van der Waals surface area contributed by atoms with Crippen molar-refractivity contribution in [3.8, 4) is 5.69 Å². The van der Waals surface area contributed by atoms with Gasteiger partial charge in [-0.25, -0.2) is 9.67 Å². The smallest absolute Gasteiger partial charge is 0.291 e. The minimum Gasteiger partial charge on any atom is -0.340 e. The number of nitrogens with one attached hydrogen (secondary N) is 2. The second-order valence-corrected chi connectivity index (χ2v) is 6.79. The van der Waals surface area contributed by atoms with Gasteiger partial charge in [-0.3, -0.25) is 9.59 Å². The predicted molar refractivity (Wildman–Crippen MR) is 108 cm³/mol. The summed E-state index contributed by atoms with van der Waals surface area (Å²) in [5.74, 6) is -0.304. The molecular formula is C20H20ClN5O2. The molecule has 8 heteroatoms. The molecule has 2 N–H and O–H groups in total. The first kappa shape index (κ1) is 19.6. The number of halogens is 1. The number of benzene rings is 2. The standard InChI is InChI=1S/C20H20ClN5O2/c1-12-5-4-6-17(13(12)2)24-18(27)11-22-20(28)19-23-14(3)26(25-19)16-9-7-15(21)8-10-16/h4-10H,11H2,1-3H3,(H,22,28)(H,24,27). The normalized spacial score (nSPS) is 10.6. The second kappa shape index (κ2) is 8.22. The van der Waals surface area contributed by atoms with Gasteiger partial charge < -0.3 is 10.6 Å². The number of carbonyl (C=O) groups excluding carboxylic acids is 2. The topological polar surface area (TPSA) is 88.9 Å². The van der Waals surface area contributed by atoms with E-state index in [1.807, 2.05) is 32.0 Å². The Hall–Kier alpha value is -3.19. The van der Waals surface area contributed by atoms with Gasteiger partial charge >= 0.3 is 0 Å². The molecule has 0 aliphatic rings. The van der Waals surface area contributed by atoms with Gasteiger partial charge in [-0.05, 0) is 62.2 Å². The van der Waals surface area contributed by atoms with Crippen molar-refractivity contribution in [2.45, 2.75) is 20.8 Å². The van der Waals surface area contributed by atoms with Crippen LogP contribution in [0.1, 0.15) is 27.6 Å². The maximum Gasteiger partial charge on any atom is 0.291 e. The second-order valence-electron chi connectivity index (χ2n) is 6.35. The van der Waals surface area contributed by atoms with Crippen molar-refractivity contribution in [3.63, 3.8) is 0 Å². The molecule has 0 fully saturated rings. The van der Waals surface area contributed by atoms with Gasteiger partial charge in [0.25, 0.3) is 5.91 Å². The SMILES string of the molecule is Cc1cccc(NC(=O)CNC(=O)c2nc(C)n(-c3ccc(Cl)cc3)n2)c1C. The minimum absolute atomic E-state index is 0.00742. The summed E-state index contributed by atoms with van der Waals surface area (Å²) >= 11 is 5.89. The molecule has 1 aromatic heterocycles. The van der Waals surface area contributed by atoms with Gasteiger partial charge in [-0.1, -0.05) is 23.7 Å². The van der Waals surface area contributed by atoms with Gasteiger partial charge in [-0.15, -0.1) is 5.10 Å². The van der Waals surface area contributed by atoms with Crippen LogP contribution in [-0.2, 0) is 4.79 Å². The summed E-state index contributed by atoms with van der Waals surface area (Å²) in [6.07, 6.45) is 0. The van der Waals surface area contributed by atoms with E-state index >= 15 is 0 Å². The number of anilines is 1. The molecule has 0 saturated carbocycles. The Kier molecular flexibility index (Phi) is 5.75. The molecule has 0 unspecified atom stereocenters. The highest BCUT2D eigenvalue weighted by Gasteiger charge is 2.16. The van der Waals surface area contributed by atoms with Gasteiger partial charge in [0, 0.05) is 10.7 Å². The van der Waals surface area contributed by atoms with Crippen LogP contribution in [0.25, 0.3) is 5.69 Å². The van der Waals surface area contributed by atoms with Crippen molar-refractivity contribution in [2.75, 3.05) is 11.9 Å². The predicted octanol–water partition coefficient (Wildman–Crippen LogP) is 3.21. The molecule has 3 aromatic rings. The van der Waals surface area contributed by atoms with Crippen LogP contribution in [0, 0.1) is 20.8 Å². The Morgan fingerprint density at radius 3 is 2.50 bits per heavy atom. The van der Waals surface area contributed by atoms with E-state index in [1.165, 1.54) is 0 Å². The summed E-state index contributed by atoms with van der Waals surface area (Å²) < 4.78 is 1.54. The third-order valence-corrected chi connectivity index (χ3v) is 4.58. The average molecular weight is 398 g/mol. The first-order chi connectivity index (χ1) is 13.3. The summed E-state index contributed by atoms with van der Waals surface area (Å²) in [4.78, 5) is 28.6. The van der Waals surface area contributed by atoms with Gasteiger partial charge in [0.05, 0.1) is 12.2 Å². The fourth-order valence-corrected chi connectivity index (χ4v) is 2.76. The molecule has 0 radical (unpaired) electrons. The summed E-state index contributed by atoms with van der Waals surface area (Å²) in [6.45, 7) is 5.46. The number of amides is 2. The lowest BCUT2D eigenvalue weighted by atomic mass is 10.1. The summed E-state index contributed by atoms with van der Waals surface area (Å²) in [6, 6.07) is 12.7. The van der Waals surface area contributed by atoms with E-state index in [-0.39, 0.29) is 18.3 Å².